The van der Waals surface area contributed by atoms with Crippen molar-refractivity contribution in [3.8, 4) is 0 Å². The third-order valence-corrected chi connectivity index (χ3v) is 2.71. The van der Waals surface area contributed by atoms with Crippen LogP contribution in [0.1, 0.15) is 6.42 Å². The van der Waals surface area contributed by atoms with Crippen molar-refractivity contribution in [1.29, 1.82) is 0 Å². The van der Waals surface area contributed by atoms with Gasteiger partial charge in [-0.3, -0.25) is 4.79 Å². The molecule has 2 rings (SSSR count). The predicted molar refractivity (Wildman–Crippen MR) is 64.6 cm³/mol. The van der Waals surface area contributed by atoms with Crippen LogP contribution in [0.4, 0.5) is 10.1 Å². The number of halogens is 2. The highest BCUT2D eigenvalue weighted by Gasteiger charge is 2.31. The molecule has 0 aliphatic carbocycles. The van der Waals surface area contributed by atoms with Gasteiger partial charge in [0.15, 0.2) is 11.5 Å². The lowest BCUT2D eigenvalue weighted by Crippen LogP contribution is -2.29. The van der Waals surface area contributed by atoms with Gasteiger partial charge in [0.2, 0.25) is 6.10 Å². The number of anilines is 1. The molecule has 1 amide bonds. The van der Waals surface area contributed by atoms with E-state index in [1.807, 2.05) is 0 Å². The first kappa shape index (κ1) is 13.3. The fraction of sp³-hybridized carbons (Fsp3) is 0.182. The van der Waals surface area contributed by atoms with Crippen LogP contribution in [0.3, 0.4) is 0 Å². The van der Waals surface area contributed by atoms with Crippen LogP contribution in [-0.4, -0.2) is 28.8 Å². The number of carbonyl (C=O) groups excluding carboxylic acids is 1. The molecule has 0 saturated heterocycles. The van der Waals surface area contributed by atoms with E-state index in [0.717, 1.165) is 0 Å². The van der Waals surface area contributed by atoms with E-state index in [9.17, 15) is 14.0 Å². The van der Waals surface area contributed by atoms with Crippen LogP contribution in [0, 0.1) is 5.82 Å². The third-order valence-electron chi connectivity index (χ3n) is 2.42. The molecule has 19 heavy (non-hydrogen) atoms. The number of oxime groups is 1. The zero-order valence-electron chi connectivity index (χ0n) is 9.39. The largest absolute Gasteiger partial charge is 0.477 e. The maximum atomic E-state index is 13.5. The van der Waals surface area contributed by atoms with Crippen LogP contribution in [0.5, 0.6) is 0 Å². The van der Waals surface area contributed by atoms with E-state index >= 15 is 0 Å². The maximum Gasteiger partial charge on any atom is 0.353 e. The van der Waals surface area contributed by atoms with Crippen LogP contribution in [0.25, 0.3) is 0 Å². The van der Waals surface area contributed by atoms with Crippen LogP contribution in [-0.2, 0) is 14.4 Å². The Morgan fingerprint density at radius 3 is 2.89 bits per heavy atom. The van der Waals surface area contributed by atoms with Gasteiger partial charge in [-0.1, -0.05) is 22.8 Å². The molecule has 100 valence electrons. The first-order valence-corrected chi connectivity index (χ1v) is 5.57. The van der Waals surface area contributed by atoms with Crippen molar-refractivity contribution >= 4 is 34.9 Å². The molecule has 0 spiro atoms. The first-order valence-electron chi connectivity index (χ1n) is 5.20. The Balaban J connectivity index is 2.03. The summed E-state index contributed by atoms with van der Waals surface area (Å²) in [5.74, 6) is -2.72. The van der Waals surface area contributed by atoms with E-state index in [2.05, 4.69) is 15.3 Å². The summed E-state index contributed by atoms with van der Waals surface area (Å²) in [4.78, 5) is 27.0. The van der Waals surface area contributed by atoms with Crippen LogP contribution < -0.4 is 5.32 Å². The summed E-state index contributed by atoms with van der Waals surface area (Å²) in [6.45, 7) is 0. The summed E-state index contributed by atoms with van der Waals surface area (Å²) in [6.07, 6.45) is -1.27. The number of hydrogen-bond acceptors (Lipinski definition) is 4. The van der Waals surface area contributed by atoms with Crippen molar-refractivity contribution in [3.05, 3.63) is 29.0 Å². The molecule has 2 N–H and O–H groups in total. The average Bonchev–Trinajstić information content (AvgIpc) is 2.84. The number of hydrogen-bond donors (Lipinski definition) is 2. The molecule has 0 aromatic heterocycles. The van der Waals surface area contributed by atoms with Crippen molar-refractivity contribution in [3.63, 3.8) is 0 Å². The van der Waals surface area contributed by atoms with Crippen molar-refractivity contribution in [2.75, 3.05) is 5.32 Å². The van der Waals surface area contributed by atoms with E-state index in [4.69, 9.17) is 16.7 Å². The molecular weight excluding hydrogens is 279 g/mol. The molecule has 1 atom stereocenters. The number of benzene rings is 1. The Labute approximate surface area is 111 Å². The lowest BCUT2D eigenvalue weighted by Gasteiger charge is -2.10. The van der Waals surface area contributed by atoms with Gasteiger partial charge in [-0.15, -0.1) is 0 Å². The van der Waals surface area contributed by atoms with Gasteiger partial charge in [0.1, 0.15) is 0 Å². The summed E-state index contributed by atoms with van der Waals surface area (Å²) in [7, 11) is 0. The summed E-state index contributed by atoms with van der Waals surface area (Å²) >= 11 is 5.56. The van der Waals surface area contributed by atoms with E-state index in [-0.39, 0.29) is 22.8 Å². The number of nitrogens with one attached hydrogen (secondary N) is 1. The number of carbonyl (C=O) groups is 2. The molecular formula is C11H8ClFN2O4. The summed E-state index contributed by atoms with van der Waals surface area (Å²) in [5, 5.41) is 14.0. The Hall–Kier alpha value is -2.15. The highest BCUT2D eigenvalue weighted by molar-refractivity contribution is 6.36. The summed E-state index contributed by atoms with van der Waals surface area (Å²) in [5.41, 5.74) is -0.364. The van der Waals surface area contributed by atoms with Gasteiger partial charge in [-0.2, -0.15) is 0 Å². The monoisotopic (exact) mass is 286 g/mol. The second-order valence-corrected chi connectivity index (χ2v) is 4.14. The molecule has 0 saturated carbocycles. The molecule has 1 aliphatic heterocycles. The SMILES string of the molecule is O=C(O)C1=NOC(C(=O)Nc2cccc(Cl)c2F)C1. The number of nitrogens with zero attached hydrogens (tertiary/aromatic N) is 1. The average molecular weight is 287 g/mol. The molecule has 1 aromatic carbocycles. The fourth-order valence-corrected chi connectivity index (χ4v) is 1.63. The molecule has 6 nitrogen and oxygen atoms in total. The topological polar surface area (TPSA) is 88.0 Å². The molecule has 1 aromatic rings. The Bertz CT molecular complexity index is 576. The van der Waals surface area contributed by atoms with E-state index < -0.39 is 23.8 Å². The number of carboxylic acid groups (broad SMARTS) is 1. The zero-order valence-corrected chi connectivity index (χ0v) is 10.1. The van der Waals surface area contributed by atoms with Gasteiger partial charge in [-0.25, -0.2) is 9.18 Å². The highest BCUT2D eigenvalue weighted by atomic mass is 35.5. The van der Waals surface area contributed by atoms with Gasteiger partial charge in [0, 0.05) is 6.42 Å². The number of carboxylic acids is 1. The van der Waals surface area contributed by atoms with Crippen LogP contribution in [0.2, 0.25) is 5.02 Å². The second kappa shape index (κ2) is 5.23. The van der Waals surface area contributed by atoms with Gasteiger partial charge >= 0.3 is 5.97 Å². The molecule has 1 heterocycles. The van der Waals surface area contributed by atoms with E-state index in [0.29, 0.717) is 0 Å². The summed E-state index contributed by atoms with van der Waals surface area (Å²) < 4.78 is 13.5. The highest BCUT2D eigenvalue weighted by Crippen LogP contribution is 2.23. The molecule has 8 heteroatoms. The van der Waals surface area contributed by atoms with Crippen LogP contribution in [0.15, 0.2) is 23.4 Å². The minimum atomic E-state index is -1.26. The second-order valence-electron chi connectivity index (χ2n) is 3.73. The number of rotatable bonds is 3. The minimum absolute atomic E-state index is 0.107. The van der Waals surface area contributed by atoms with Gasteiger partial charge in [0.25, 0.3) is 5.91 Å². The first-order chi connectivity index (χ1) is 8.99. The maximum absolute atomic E-state index is 13.5. The standard InChI is InChI=1S/C11H8ClFN2O4/c12-5-2-1-3-6(9(5)13)14-10(16)8-4-7(11(17)18)15-19-8/h1-3,8H,4H2,(H,14,16)(H,17,18). The van der Waals surface area contributed by atoms with Crippen molar-refractivity contribution < 1.29 is 23.9 Å². The quantitative estimate of drug-likeness (QED) is 0.884. The van der Waals surface area contributed by atoms with Crippen molar-refractivity contribution in [2.24, 2.45) is 5.16 Å². The fourth-order valence-electron chi connectivity index (χ4n) is 1.46. The van der Waals surface area contributed by atoms with E-state index in [1.165, 1.54) is 18.2 Å². The van der Waals surface area contributed by atoms with Crippen molar-refractivity contribution in [1.82, 2.24) is 0 Å². The van der Waals surface area contributed by atoms with Gasteiger partial charge in [0.05, 0.1) is 10.7 Å². The Morgan fingerprint density at radius 1 is 1.53 bits per heavy atom. The molecule has 0 radical (unpaired) electrons. The van der Waals surface area contributed by atoms with Crippen LogP contribution >= 0.6 is 11.6 Å². The number of amides is 1. The Morgan fingerprint density at radius 2 is 2.26 bits per heavy atom. The normalized spacial score (nSPS) is 17.6. The molecule has 0 fully saturated rings. The molecule has 0 bridgehead atoms. The molecule has 1 unspecified atom stereocenters. The van der Waals surface area contributed by atoms with Crippen molar-refractivity contribution in [2.45, 2.75) is 12.5 Å². The van der Waals surface area contributed by atoms with Gasteiger partial charge < -0.3 is 15.3 Å². The predicted octanol–water partition coefficient (Wildman–Crippen LogP) is 1.65. The lowest BCUT2D eigenvalue weighted by atomic mass is 10.1. The summed E-state index contributed by atoms with van der Waals surface area (Å²) in [6, 6.07) is 4.13. The smallest absolute Gasteiger partial charge is 0.353 e. The molecule has 1 aliphatic rings. The lowest BCUT2D eigenvalue weighted by molar-refractivity contribution is -0.129. The zero-order chi connectivity index (χ0) is 14.0. The minimum Gasteiger partial charge on any atom is -0.477 e. The Kier molecular flexibility index (Phi) is 3.66. The van der Waals surface area contributed by atoms with E-state index in [1.54, 1.807) is 0 Å². The number of aliphatic carboxylic acids is 1. The van der Waals surface area contributed by atoms with Gasteiger partial charge in [-0.05, 0) is 12.1 Å². The third kappa shape index (κ3) is 2.82.